The number of allylic oxidation sites excluding steroid dienone is 4. The monoisotopic (exact) mass is 467 g/mol. The van der Waals surface area contributed by atoms with Gasteiger partial charge in [-0.2, -0.15) is 0 Å². The third-order valence-corrected chi connectivity index (χ3v) is 10.7. The molecule has 1 nitrogen and oxygen atoms in total. The van der Waals surface area contributed by atoms with Crippen LogP contribution in [0.2, 0.25) is 0 Å². The summed E-state index contributed by atoms with van der Waals surface area (Å²) in [6.45, 7) is 9.23. The Kier molecular flexibility index (Phi) is 6.38. The van der Waals surface area contributed by atoms with Gasteiger partial charge in [0.05, 0.1) is 0 Å². The highest BCUT2D eigenvalue weighted by Gasteiger charge is 2.25. The third kappa shape index (κ3) is 4.50. The molecular weight excluding hydrogens is 436 g/mol. The van der Waals surface area contributed by atoms with Crippen molar-refractivity contribution < 1.29 is 0 Å². The van der Waals surface area contributed by atoms with Crippen LogP contribution < -0.4 is 0 Å². The molecule has 0 saturated heterocycles. The zero-order chi connectivity index (χ0) is 22.9. The first-order chi connectivity index (χ1) is 16.0. The molecule has 0 bridgehead atoms. The lowest BCUT2D eigenvalue weighted by molar-refractivity contribution is 0.918. The van der Waals surface area contributed by atoms with Gasteiger partial charge in [-0.3, -0.25) is 0 Å². The molecule has 3 aromatic rings. The molecule has 2 aliphatic rings. The van der Waals surface area contributed by atoms with Crippen molar-refractivity contribution in [2.24, 2.45) is 0 Å². The van der Waals surface area contributed by atoms with Gasteiger partial charge >= 0.3 is 0 Å². The summed E-state index contributed by atoms with van der Waals surface area (Å²) in [5, 5.41) is 3.05. The average Bonchev–Trinajstić information content (AvgIpc) is 3.49. The Hall–Kier alpha value is -2.46. The van der Waals surface area contributed by atoms with Crippen molar-refractivity contribution in [1.82, 2.24) is 4.98 Å². The van der Waals surface area contributed by atoms with Crippen molar-refractivity contribution in [2.75, 3.05) is 0 Å². The highest BCUT2D eigenvalue weighted by Crippen LogP contribution is 2.44. The second-order valence-electron chi connectivity index (χ2n) is 9.25. The minimum atomic E-state index is 0.510. The molecule has 5 rings (SSSR count). The van der Waals surface area contributed by atoms with E-state index in [9.17, 15) is 0 Å². The Bertz CT molecular complexity index is 1290. The van der Waals surface area contributed by atoms with E-state index < -0.39 is 0 Å². The lowest BCUT2D eigenvalue weighted by Crippen LogP contribution is -2.05. The minimum Gasteiger partial charge on any atom is -0.362 e. The maximum atomic E-state index is 3.76. The summed E-state index contributed by atoms with van der Waals surface area (Å²) < 4.78 is 0. The SMILES string of the molecule is CC1=C(C)C(Cc2ccc(CC3=PC(c4ccccc4)C(C)=C3C)[nH]2)P=C1c1ccccc1. The Morgan fingerprint density at radius 2 is 1.36 bits per heavy atom. The van der Waals surface area contributed by atoms with Gasteiger partial charge in [0.25, 0.3) is 0 Å². The molecule has 3 heteroatoms. The molecule has 33 heavy (non-hydrogen) atoms. The molecule has 0 radical (unpaired) electrons. The van der Waals surface area contributed by atoms with Crippen molar-refractivity contribution in [3.05, 3.63) is 118 Å². The van der Waals surface area contributed by atoms with Gasteiger partial charge in [0, 0.05) is 40.8 Å². The third-order valence-electron chi connectivity index (χ3n) is 7.19. The molecule has 1 aromatic heterocycles. The molecule has 166 valence electrons. The van der Waals surface area contributed by atoms with Gasteiger partial charge in [0.1, 0.15) is 0 Å². The van der Waals surface area contributed by atoms with Crippen molar-refractivity contribution in [3.63, 3.8) is 0 Å². The summed E-state index contributed by atoms with van der Waals surface area (Å²) in [6.07, 6.45) is 2.10. The fourth-order valence-corrected chi connectivity index (χ4v) is 8.20. The van der Waals surface area contributed by atoms with Gasteiger partial charge < -0.3 is 4.98 Å². The largest absolute Gasteiger partial charge is 0.362 e. The predicted molar refractivity (Wildman–Crippen MR) is 147 cm³/mol. The number of nitrogens with one attached hydrogen (secondary N) is 1. The molecule has 0 fully saturated rings. The van der Waals surface area contributed by atoms with E-state index in [0.717, 1.165) is 12.8 Å². The topological polar surface area (TPSA) is 15.8 Å². The van der Waals surface area contributed by atoms with Crippen LogP contribution in [0.5, 0.6) is 0 Å². The molecule has 0 saturated carbocycles. The van der Waals surface area contributed by atoms with Crippen LogP contribution in [0.25, 0.3) is 0 Å². The van der Waals surface area contributed by atoms with Crippen molar-refractivity contribution in [2.45, 2.75) is 51.9 Å². The van der Waals surface area contributed by atoms with Crippen LogP contribution >= 0.6 is 16.4 Å². The van der Waals surface area contributed by atoms with Gasteiger partial charge in [-0.1, -0.05) is 88.2 Å². The average molecular weight is 468 g/mol. The normalized spacial score (nSPS) is 21.5. The number of aromatic amines is 1. The van der Waals surface area contributed by atoms with Crippen LogP contribution in [0.3, 0.4) is 0 Å². The number of benzene rings is 2. The molecule has 1 N–H and O–H groups in total. The summed E-state index contributed by atoms with van der Waals surface area (Å²) in [6, 6.07) is 26.4. The molecule has 2 atom stereocenters. The lowest BCUT2D eigenvalue weighted by Gasteiger charge is -2.09. The van der Waals surface area contributed by atoms with Crippen LogP contribution in [0.4, 0.5) is 0 Å². The van der Waals surface area contributed by atoms with Crippen LogP contribution in [0.15, 0.2) is 95.1 Å². The first-order valence-corrected chi connectivity index (χ1v) is 13.7. The van der Waals surface area contributed by atoms with E-state index in [-0.39, 0.29) is 0 Å². The van der Waals surface area contributed by atoms with Crippen LogP contribution in [-0.4, -0.2) is 21.2 Å². The van der Waals surface area contributed by atoms with Crippen molar-refractivity contribution >= 4 is 27.0 Å². The number of hydrogen-bond acceptors (Lipinski definition) is 0. The quantitative estimate of drug-likeness (QED) is 0.352. The van der Waals surface area contributed by atoms with Crippen molar-refractivity contribution in [1.29, 1.82) is 0 Å². The number of aromatic nitrogens is 1. The van der Waals surface area contributed by atoms with E-state index in [0.29, 0.717) is 11.3 Å². The summed E-state index contributed by atoms with van der Waals surface area (Å²) in [4.78, 5) is 3.76. The van der Waals surface area contributed by atoms with Crippen molar-refractivity contribution in [3.8, 4) is 0 Å². The maximum Gasteiger partial charge on any atom is 0.0474 e. The van der Waals surface area contributed by atoms with E-state index in [1.54, 1.807) is 5.29 Å². The Labute approximate surface area is 201 Å². The molecule has 3 heterocycles. The zero-order valence-electron chi connectivity index (χ0n) is 19.9. The van der Waals surface area contributed by atoms with E-state index in [1.165, 1.54) is 66.5 Å². The molecule has 0 aliphatic carbocycles. The van der Waals surface area contributed by atoms with Gasteiger partial charge in [-0.25, -0.2) is 0 Å². The second-order valence-corrected chi connectivity index (χ2v) is 11.9. The molecule has 2 unspecified atom stereocenters. The summed E-state index contributed by atoms with van der Waals surface area (Å²) in [7, 11) is 2.88. The maximum absolute atomic E-state index is 3.76. The fourth-order valence-electron chi connectivity index (χ4n) is 4.89. The highest BCUT2D eigenvalue weighted by atomic mass is 31.1. The van der Waals surface area contributed by atoms with E-state index >= 15 is 0 Å². The zero-order valence-corrected chi connectivity index (χ0v) is 21.7. The number of H-pyrrole nitrogens is 1. The Balaban J connectivity index is 1.31. The predicted octanol–water partition coefficient (Wildman–Crippen LogP) is 8.20. The molecule has 0 amide bonds. The van der Waals surface area contributed by atoms with Gasteiger partial charge in [-0.15, -0.1) is 0 Å². The minimum absolute atomic E-state index is 0.510. The number of rotatable bonds is 6. The van der Waals surface area contributed by atoms with Gasteiger partial charge in [0.2, 0.25) is 0 Å². The van der Waals surface area contributed by atoms with Gasteiger partial charge in [0.15, 0.2) is 0 Å². The van der Waals surface area contributed by atoms with E-state index in [2.05, 4.69) is 105 Å². The van der Waals surface area contributed by atoms with Crippen LogP contribution in [-0.2, 0) is 12.8 Å². The first kappa shape index (κ1) is 22.3. The Morgan fingerprint density at radius 3 is 2.09 bits per heavy atom. The van der Waals surface area contributed by atoms with Gasteiger partial charge in [-0.05, 0) is 67.4 Å². The van der Waals surface area contributed by atoms with E-state index in [4.69, 9.17) is 0 Å². The fraction of sp³-hybridized carbons (Fsp3) is 0.267. The molecule has 0 spiro atoms. The Morgan fingerprint density at radius 1 is 0.697 bits per heavy atom. The lowest BCUT2D eigenvalue weighted by atomic mass is 9.99. The molecule has 2 aromatic carbocycles. The highest BCUT2D eigenvalue weighted by molar-refractivity contribution is 7.44. The number of hydrogen-bond donors (Lipinski definition) is 1. The second kappa shape index (κ2) is 9.42. The summed E-state index contributed by atoms with van der Waals surface area (Å²) in [5.74, 6) is 0. The van der Waals surface area contributed by atoms with E-state index in [1.807, 2.05) is 0 Å². The van der Waals surface area contributed by atoms with Crippen LogP contribution in [0.1, 0.15) is 55.9 Å². The summed E-state index contributed by atoms with van der Waals surface area (Å²) in [5.41, 5.74) is 12.6. The first-order valence-electron chi connectivity index (χ1n) is 11.8. The smallest absolute Gasteiger partial charge is 0.0474 e. The summed E-state index contributed by atoms with van der Waals surface area (Å²) >= 11 is 0. The van der Waals surface area contributed by atoms with Crippen LogP contribution in [0, 0.1) is 0 Å². The molecule has 2 aliphatic heterocycles. The standard InChI is InChI=1S/C30H31NP2/c1-19-21(3)29(23-11-7-5-8-12-23)32-27(19)17-25-15-16-26(31-25)18-28-20(2)22(4)30(33-28)24-13-9-6-10-14-24/h5-16,27,30-31H,17-18H2,1-4H3. The molecular formula is C30H31NP2.